The second-order valence-electron chi connectivity index (χ2n) is 6.82. The standard InChI is InChI=1S/C15H28O2SSi/c1-10(2)13(16)15-12(8-9-18-15)14(11(3)4)17-19(5,6)7/h8-11,13-14,16H,1-7H3. The van der Waals surface area contributed by atoms with Gasteiger partial charge in [0.05, 0.1) is 12.2 Å². The van der Waals surface area contributed by atoms with E-state index in [2.05, 4.69) is 58.8 Å². The smallest absolute Gasteiger partial charge is 0.184 e. The van der Waals surface area contributed by atoms with Gasteiger partial charge in [-0.1, -0.05) is 27.7 Å². The molecule has 110 valence electrons. The van der Waals surface area contributed by atoms with Crippen molar-refractivity contribution in [2.24, 2.45) is 11.8 Å². The molecule has 4 heteroatoms. The summed E-state index contributed by atoms with van der Waals surface area (Å²) in [7, 11) is -1.60. The molecule has 0 aromatic carbocycles. The van der Waals surface area contributed by atoms with E-state index >= 15 is 0 Å². The third-order valence-corrected chi connectivity index (χ3v) is 4.98. The first-order valence-electron chi connectivity index (χ1n) is 7.06. The van der Waals surface area contributed by atoms with Gasteiger partial charge in [0.1, 0.15) is 0 Å². The Labute approximate surface area is 122 Å². The van der Waals surface area contributed by atoms with Gasteiger partial charge in [0.25, 0.3) is 0 Å². The summed E-state index contributed by atoms with van der Waals surface area (Å²) in [4.78, 5) is 1.08. The van der Waals surface area contributed by atoms with E-state index in [0.717, 1.165) is 4.88 Å². The molecule has 1 N–H and O–H groups in total. The fourth-order valence-electron chi connectivity index (χ4n) is 2.05. The molecule has 0 amide bonds. The molecular formula is C15H28O2SSi. The maximum absolute atomic E-state index is 10.4. The minimum Gasteiger partial charge on any atom is -0.410 e. The molecule has 0 bridgehead atoms. The largest absolute Gasteiger partial charge is 0.410 e. The molecule has 1 rings (SSSR count). The van der Waals surface area contributed by atoms with Crippen LogP contribution in [0.2, 0.25) is 19.6 Å². The lowest BCUT2D eigenvalue weighted by molar-refractivity contribution is 0.115. The van der Waals surface area contributed by atoms with Gasteiger partial charge in [0, 0.05) is 4.88 Å². The minimum absolute atomic E-state index is 0.0984. The molecule has 2 nitrogen and oxygen atoms in total. The van der Waals surface area contributed by atoms with Crippen molar-refractivity contribution < 1.29 is 9.53 Å². The highest BCUT2D eigenvalue weighted by atomic mass is 32.1. The van der Waals surface area contributed by atoms with Crippen LogP contribution >= 0.6 is 11.3 Å². The van der Waals surface area contributed by atoms with Crippen molar-refractivity contribution in [2.75, 3.05) is 0 Å². The van der Waals surface area contributed by atoms with Gasteiger partial charge in [0.15, 0.2) is 8.32 Å². The van der Waals surface area contributed by atoms with Crippen LogP contribution in [0.1, 0.15) is 50.3 Å². The molecule has 0 aliphatic carbocycles. The first-order chi connectivity index (χ1) is 8.63. The summed E-state index contributed by atoms with van der Waals surface area (Å²) in [6.07, 6.45) is -0.289. The zero-order valence-electron chi connectivity index (χ0n) is 13.2. The van der Waals surface area contributed by atoms with E-state index in [4.69, 9.17) is 4.43 Å². The van der Waals surface area contributed by atoms with E-state index in [1.807, 2.05) is 0 Å². The molecule has 0 fully saturated rings. The number of aliphatic hydroxyl groups is 1. The summed E-state index contributed by atoms with van der Waals surface area (Å²) in [6.45, 7) is 15.1. The molecule has 0 aliphatic rings. The lowest BCUT2D eigenvalue weighted by atomic mass is 9.95. The summed E-state index contributed by atoms with van der Waals surface area (Å²) in [5.74, 6) is 0.650. The van der Waals surface area contributed by atoms with Crippen LogP contribution < -0.4 is 0 Å². The van der Waals surface area contributed by atoms with E-state index < -0.39 is 8.32 Å². The molecule has 19 heavy (non-hydrogen) atoms. The first kappa shape index (κ1) is 16.9. The number of aliphatic hydroxyl groups excluding tert-OH is 1. The number of thiophene rings is 1. The highest BCUT2D eigenvalue weighted by molar-refractivity contribution is 7.10. The van der Waals surface area contributed by atoms with Crippen molar-refractivity contribution >= 4 is 19.7 Å². The van der Waals surface area contributed by atoms with Crippen LogP contribution in [-0.2, 0) is 4.43 Å². The molecular weight excluding hydrogens is 272 g/mol. The predicted molar refractivity (Wildman–Crippen MR) is 86.1 cm³/mol. The topological polar surface area (TPSA) is 29.5 Å². The fourth-order valence-corrected chi connectivity index (χ4v) is 4.30. The molecule has 0 saturated heterocycles. The third-order valence-electron chi connectivity index (χ3n) is 3.02. The number of hydrogen-bond donors (Lipinski definition) is 1. The second-order valence-corrected chi connectivity index (χ2v) is 12.2. The van der Waals surface area contributed by atoms with Gasteiger partial charge in [-0.2, -0.15) is 0 Å². The molecule has 0 aliphatic heterocycles. The Morgan fingerprint density at radius 3 is 2.11 bits per heavy atom. The third kappa shape index (κ3) is 4.70. The van der Waals surface area contributed by atoms with E-state index in [1.54, 1.807) is 11.3 Å². The average molecular weight is 301 g/mol. The summed E-state index contributed by atoms with van der Waals surface area (Å²) < 4.78 is 6.35. The van der Waals surface area contributed by atoms with Crippen molar-refractivity contribution in [1.82, 2.24) is 0 Å². The molecule has 0 spiro atoms. The molecule has 0 radical (unpaired) electrons. The van der Waals surface area contributed by atoms with Crippen LogP contribution in [0.4, 0.5) is 0 Å². The van der Waals surface area contributed by atoms with Gasteiger partial charge in [-0.05, 0) is 48.5 Å². The van der Waals surface area contributed by atoms with Gasteiger partial charge in [-0.3, -0.25) is 0 Å². The molecule has 2 unspecified atom stereocenters. The molecule has 0 saturated carbocycles. The van der Waals surface area contributed by atoms with Gasteiger partial charge >= 0.3 is 0 Å². The minimum atomic E-state index is -1.60. The normalized spacial score (nSPS) is 16.1. The van der Waals surface area contributed by atoms with Crippen molar-refractivity contribution in [3.8, 4) is 0 Å². The molecule has 2 atom stereocenters. The zero-order chi connectivity index (χ0) is 14.8. The maximum atomic E-state index is 10.4. The van der Waals surface area contributed by atoms with Crippen molar-refractivity contribution in [1.29, 1.82) is 0 Å². The van der Waals surface area contributed by atoms with Gasteiger partial charge in [-0.25, -0.2) is 0 Å². The van der Waals surface area contributed by atoms with Crippen LogP contribution in [0.15, 0.2) is 11.4 Å². The SMILES string of the molecule is CC(C)C(O)c1sccc1C(O[Si](C)(C)C)C(C)C. The van der Waals surface area contributed by atoms with Crippen LogP contribution in [0.25, 0.3) is 0 Å². The lowest BCUT2D eigenvalue weighted by Crippen LogP contribution is -2.30. The fraction of sp³-hybridized carbons (Fsp3) is 0.733. The zero-order valence-corrected chi connectivity index (χ0v) is 15.0. The molecule has 1 heterocycles. The first-order valence-corrected chi connectivity index (χ1v) is 11.4. The molecule has 1 aromatic rings. The maximum Gasteiger partial charge on any atom is 0.184 e. The second kappa shape index (κ2) is 6.53. The van der Waals surface area contributed by atoms with Crippen molar-refractivity contribution in [2.45, 2.75) is 59.5 Å². The Morgan fingerprint density at radius 2 is 1.68 bits per heavy atom. The van der Waals surface area contributed by atoms with E-state index in [9.17, 15) is 5.11 Å². The highest BCUT2D eigenvalue weighted by Crippen LogP contribution is 2.38. The summed E-state index contributed by atoms with van der Waals surface area (Å²) in [6, 6.07) is 2.12. The average Bonchev–Trinajstić information content (AvgIpc) is 2.71. The van der Waals surface area contributed by atoms with E-state index in [-0.39, 0.29) is 18.1 Å². The summed E-state index contributed by atoms with van der Waals surface area (Å²) in [5, 5.41) is 12.4. The number of rotatable bonds is 6. The van der Waals surface area contributed by atoms with Crippen LogP contribution in [0, 0.1) is 11.8 Å². The van der Waals surface area contributed by atoms with Crippen LogP contribution in [0.5, 0.6) is 0 Å². The van der Waals surface area contributed by atoms with Crippen molar-refractivity contribution in [3.63, 3.8) is 0 Å². The van der Waals surface area contributed by atoms with Gasteiger partial charge < -0.3 is 9.53 Å². The van der Waals surface area contributed by atoms with E-state index in [0.29, 0.717) is 5.92 Å². The lowest BCUT2D eigenvalue weighted by Gasteiger charge is -2.30. The summed E-state index contributed by atoms with van der Waals surface area (Å²) >= 11 is 1.64. The van der Waals surface area contributed by atoms with Crippen molar-refractivity contribution in [3.05, 3.63) is 21.9 Å². The Bertz CT molecular complexity index is 393. The Morgan fingerprint density at radius 1 is 1.11 bits per heavy atom. The van der Waals surface area contributed by atoms with Crippen LogP contribution in [-0.4, -0.2) is 13.4 Å². The Balaban J connectivity index is 3.08. The monoisotopic (exact) mass is 300 g/mol. The predicted octanol–water partition coefficient (Wildman–Crippen LogP) is 4.99. The Kier molecular flexibility index (Phi) is 5.80. The van der Waals surface area contributed by atoms with E-state index in [1.165, 1.54) is 5.56 Å². The van der Waals surface area contributed by atoms with Gasteiger partial charge in [0.2, 0.25) is 0 Å². The van der Waals surface area contributed by atoms with Gasteiger partial charge in [-0.15, -0.1) is 11.3 Å². The Hall–Kier alpha value is -0.163. The summed E-state index contributed by atoms with van der Waals surface area (Å²) in [5.41, 5.74) is 1.18. The molecule has 1 aromatic heterocycles. The highest BCUT2D eigenvalue weighted by Gasteiger charge is 2.29. The van der Waals surface area contributed by atoms with Crippen LogP contribution in [0.3, 0.4) is 0 Å². The quantitative estimate of drug-likeness (QED) is 0.750. The number of hydrogen-bond acceptors (Lipinski definition) is 3.